The molecular formula is C16H18N4O3S. The van der Waals surface area contributed by atoms with Crippen LogP contribution in [-0.2, 0) is 9.63 Å². The highest BCUT2D eigenvalue weighted by Crippen LogP contribution is 2.26. The Hall–Kier alpha value is -2.48. The number of anilines is 2. The Balaban J connectivity index is 1.74. The molecule has 126 valence electrons. The summed E-state index contributed by atoms with van der Waals surface area (Å²) in [5, 5.41) is 7.78. The molecule has 8 heteroatoms. The minimum atomic E-state index is -0.559. The number of aromatic nitrogens is 2. The number of amides is 2. The molecule has 24 heavy (non-hydrogen) atoms. The molecular weight excluding hydrogens is 328 g/mol. The van der Waals surface area contributed by atoms with Crippen molar-refractivity contribution in [3.05, 3.63) is 36.5 Å². The fourth-order valence-electron chi connectivity index (χ4n) is 2.66. The molecule has 1 aromatic heterocycles. The monoisotopic (exact) mass is 346 g/mol. The van der Waals surface area contributed by atoms with E-state index >= 15 is 0 Å². The number of hydrogen-bond acceptors (Lipinski definition) is 6. The van der Waals surface area contributed by atoms with Crippen LogP contribution in [0.25, 0.3) is 0 Å². The highest BCUT2D eigenvalue weighted by atomic mass is 32.1. The van der Waals surface area contributed by atoms with Gasteiger partial charge in [0.25, 0.3) is 0 Å². The fraction of sp³-hybridized carbons (Fsp3) is 0.375. The van der Waals surface area contributed by atoms with Crippen LogP contribution in [-0.4, -0.2) is 21.6 Å². The van der Waals surface area contributed by atoms with Gasteiger partial charge in [-0.1, -0.05) is 41.9 Å². The molecule has 1 saturated carbocycles. The number of nitrogens with zero attached hydrogens (tertiary/aromatic N) is 3. The maximum Gasteiger partial charge on any atom is 0.360 e. The number of para-hydroxylation sites is 1. The minimum absolute atomic E-state index is 0.150. The van der Waals surface area contributed by atoms with Crippen molar-refractivity contribution in [2.45, 2.75) is 32.1 Å². The molecule has 1 N–H and O–H groups in total. The lowest BCUT2D eigenvalue weighted by Gasteiger charge is -2.25. The van der Waals surface area contributed by atoms with Crippen molar-refractivity contribution < 1.29 is 14.4 Å². The van der Waals surface area contributed by atoms with Crippen molar-refractivity contribution in [1.29, 1.82) is 0 Å². The molecule has 1 heterocycles. The summed E-state index contributed by atoms with van der Waals surface area (Å²) >= 11 is 1.05. The predicted molar refractivity (Wildman–Crippen MR) is 90.5 cm³/mol. The zero-order valence-electron chi connectivity index (χ0n) is 13.1. The normalized spacial score (nSPS) is 14.8. The van der Waals surface area contributed by atoms with Gasteiger partial charge in [-0.25, -0.2) is 9.59 Å². The average Bonchev–Trinajstić information content (AvgIpc) is 3.14. The van der Waals surface area contributed by atoms with Crippen LogP contribution in [0.1, 0.15) is 32.1 Å². The van der Waals surface area contributed by atoms with E-state index in [1.807, 2.05) is 6.07 Å². The van der Waals surface area contributed by atoms with Crippen molar-refractivity contribution in [3.63, 3.8) is 0 Å². The second kappa shape index (κ2) is 7.87. The van der Waals surface area contributed by atoms with Gasteiger partial charge in [0.1, 0.15) is 5.00 Å². The first-order chi connectivity index (χ1) is 11.7. The Morgan fingerprint density at radius 3 is 2.58 bits per heavy atom. The largest absolute Gasteiger partial charge is 0.360 e. The summed E-state index contributed by atoms with van der Waals surface area (Å²) in [5.74, 6) is -0.515. The van der Waals surface area contributed by atoms with Crippen molar-refractivity contribution in [3.8, 4) is 0 Å². The van der Waals surface area contributed by atoms with Crippen LogP contribution in [0.15, 0.2) is 36.5 Å². The third kappa shape index (κ3) is 4.08. The summed E-state index contributed by atoms with van der Waals surface area (Å²) in [5.41, 5.74) is 0.483. The van der Waals surface area contributed by atoms with E-state index in [9.17, 15) is 9.59 Å². The zero-order valence-corrected chi connectivity index (χ0v) is 13.9. The summed E-state index contributed by atoms with van der Waals surface area (Å²) in [6, 6.07) is 8.24. The SMILES string of the molecule is O=C(ON(C(=O)Nc1cnns1)c1ccccc1)C1CCCCC1. The minimum Gasteiger partial charge on any atom is -0.331 e. The molecule has 1 aliphatic carbocycles. The second-order valence-corrected chi connectivity index (χ2v) is 6.37. The molecule has 1 aromatic carbocycles. The van der Waals surface area contributed by atoms with Gasteiger partial charge in [-0.2, -0.15) is 0 Å². The zero-order chi connectivity index (χ0) is 16.8. The topological polar surface area (TPSA) is 84.4 Å². The van der Waals surface area contributed by atoms with Gasteiger partial charge in [-0.15, -0.1) is 10.2 Å². The molecule has 1 fully saturated rings. The Labute approximate surface area is 143 Å². The van der Waals surface area contributed by atoms with Crippen molar-refractivity contribution in [2.75, 3.05) is 10.4 Å². The van der Waals surface area contributed by atoms with Crippen LogP contribution in [0, 0.1) is 5.92 Å². The predicted octanol–water partition coefficient (Wildman–Crippen LogP) is 3.62. The van der Waals surface area contributed by atoms with Gasteiger partial charge in [0.05, 0.1) is 17.8 Å². The van der Waals surface area contributed by atoms with Gasteiger partial charge in [0.2, 0.25) is 0 Å². The first-order valence-electron chi connectivity index (χ1n) is 7.89. The van der Waals surface area contributed by atoms with Gasteiger partial charge < -0.3 is 4.84 Å². The standard InChI is InChI=1S/C16H18N4O3S/c21-15(12-7-3-1-4-8-12)23-20(13-9-5-2-6-10-13)16(22)18-14-11-17-19-24-14/h2,5-6,9-12H,1,3-4,7-8H2,(H,18,22). The van der Waals surface area contributed by atoms with Gasteiger partial charge in [0, 0.05) is 11.5 Å². The maximum absolute atomic E-state index is 12.5. The van der Waals surface area contributed by atoms with Gasteiger partial charge in [0.15, 0.2) is 0 Å². The number of benzene rings is 1. The molecule has 0 unspecified atom stereocenters. The number of carbonyl (C=O) groups is 2. The van der Waals surface area contributed by atoms with E-state index < -0.39 is 6.03 Å². The third-order valence-corrected chi connectivity index (χ3v) is 4.47. The van der Waals surface area contributed by atoms with Gasteiger partial charge in [-0.05, 0) is 25.0 Å². The highest BCUT2D eigenvalue weighted by Gasteiger charge is 2.28. The first kappa shape index (κ1) is 16.4. The number of carbonyl (C=O) groups excluding carboxylic acids is 2. The Morgan fingerprint density at radius 1 is 1.17 bits per heavy atom. The summed E-state index contributed by atoms with van der Waals surface area (Å²) in [6.07, 6.45) is 6.23. The second-order valence-electron chi connectivity index (χ2n) is 5.59. The van der Waals surface area contributed by atoms with E-state index in [0.29, 0.717) is 10.7 Å². The highest BCUT2D eigenvalue weighted by molar-refractivity contribution is 7.10. The molecule has 3 rings (SSSR count). The molecule has 0 radical (unpaired) electrons. The van der Waals surface area contributed by atoms with E-state index in [1.165, 1.54) is 6.20 Å². The first-order valence-corrected chi connectivity index (χ1v) is 8.66. The van der Waals surface area contributed by atoms with Crippen LogP contribution in [0.5, 0.6) is 0 Å². The van der Waals surface area contributed by atoms with Crippen LogP contribution in [0.2, 0.25) is 0 Å². The number of hydroxylamine groups is 1. The van der Waals surface area contributed by atoms with Crippen molar-refractivity contribution in [1.82, 2.24) is 9.59 Å². The lowest BCUT2D eigenvalue weighted by Crippen LogP contribution is -2.39. The summed E-state index contributed by atoms with van der Waals surface area (Å²) in [4.78, 5) is 30.4. The summed E-state index contributed by atoms with van der Waals surface area (Å²) < 4.78 is 3.69. The number of rotatable bonds is 3. The van der Waals surface area contributed by atoms with Crippen LogP contribution in [0.3, 0.4) is 0 Å². The Bertz CT molecular complexity index is 672. The van der Waals surface area contributed by atoms with E-state index in [1.54, 1.807) is 24.3 Å². The third-order valence-electron chi connectivity index (χ3n) is 3.89. The average molecular weight is 346 g/mol. The number of nitrogens with one attached hydrogen (secondary N) is 1. The van der Waals surface area contributed by atoms with Crippen molar-refractivity contribution >= 4 is 34.2 Å². The van der Waals surface area contributed by atoms with E-state index in [0.717, 1.165) is 48.7 Å². The summed E-state index contributed by atoms with van der Waals surface area (Å²) in [6.45, 7) is 0. The van der Waals surface area contributed by atoms with E-state index in [4.69, 9.17) is 4.84 Å². The molecule has 0 saturated heterocycles. The molecule has 2 aromatic rings. The molecule has 2 amide bonds. The Kier molecular flexibility index (Phi) is 5.37. The molecule has 1 aliphatic rings. The van der Waals surface area contributed by atoms with Gasteiger partial charge in [-0.3, -0.25) is 5.32 Å². The smallest absolute Gasteiger partial charge is 0.331 e. The Morgan fingerprint density at radius 2 is 1.92 bits per heavy atom. The van der Waals surface area contributed by atoms with Crippen molar-refractivity contribution in [2.24, 2.45) is 5.92 Å². The van der Waals surface area contributed by atoms with E-state index in [2.05, 4.69) is 14.9 Å². The molecule has 7 nitrogen and oxygen atoms in total. The number of hydrogen-bond donors (Lipinski definition) is 1. The lowest BCUT2D eigenvalue weighted by atomic mass is 9.89. The molecule has 0 aliphatic heterocycles. The number of urea groups is 1. The molecule has 0 spiro atoms. The lowest BCUT2D eigenvalue weighted by molar-refractivity contribution is -0.149. The van der Waals surface area contributed by atoms with Crippen LogP contribution < -0.4 is 10.4 Å². The van der Waals surface area contributed by atoms with E-state index in [-0.39, 0.29) is 11.9 Å². The van der Waals surface area contributed by atoms with Crippen LogP contribution >= 0.6 is 11.5 Å². The quantitative estimate of drug-likeness (QED) is 0.858. The molecule has 0 bridgehead atoms. The van der Waals surface area contributed by atoms with Gasteiger partial charge >= 0.3 is 12.0 Å². The van der Waals surface area contributed by atoms with Crippen LogP contribution in [0.4, 0.5) is 15.5 Å². The summed E-state index contributed by atoms with van der Waals surface area (Å²) in [7, 11) is 0. The maximum atomic E-state index is 12.5. The fourth-order valence-corrected chi connectivity index (χ4v) is 3.07. The molecule has 0 atom stereocenters.